The molecule has 0 spiro atoms. The van der Waals surface area contributed by atoms with Crippen LogP contribution in [-0.4, -0.2) is 23.1 Å². The summed E-state index contributed by atoms with van der Waals surface area (Å²) in [6.45, 7) is 4.17. The minimum atomic E-state index is 0.467. The summed E-state index contributed by atoms with van der Waals surface area (Å²) in [4.78, 5) is 9.13. The quantitative estimate of drug-likeness (QED) is 0.875. The molecule has 1 aromatic heterocycles. The van der Waals surface area contributed by atoms with Crippen molar-refractivity contribution >= 4 is 0 Å². The summed E-state index contributed by atoms with van der Waals surface area (Å²) >= 11 is 0. The van der Waals surface area contributed by atoms with E-state index in [4.69, 9.17) is 4.98 Å². The van der Waals surface area contributed by atoms with Crippen molar-refractivity contribution in [3.05, 3.63) is 47.9 Å². The van der Waals surface area contributed by atoms with Crippen LogP contribution in [-0.2, 0) is 0 Å². The molecule has 0 bridgehead atoms. The van der Waals surface area contributed by atoms with Crippen LogP contribution in [0, 0.1) is 6.92 Å². The van der Waals surface area contributed by atoms with E-state index < -0.39 is 0 Å². The Labute approximate surface area is 107 Å². The second-order valence-electron chi connectivity index (χ2n) is 4.86. The van der Waals surface area contributed by atoms with Crippen LogP contribution < -0.4 is 5.32 Å². The van der Waals surface area contributed by atoms with Crippen LogP contribution in [0.25, 0.3) is 11.3 Å². The first-order chi connectivity index (χ1) is 8.83. The van der Waals surface area contributed by atoms with Gasteiger partial charge in [0.25, 0.3) is 0 Å². The first-order valence-corrected chi connectivity index (χ1v) is 6.43. The Morgan fingerprint density at radius 1 is 1.28 bits per heavy atom. The third-order valence-electron chi connectivity index (χ3n) is 3.41. The fourth-order valence-electron chi connectivity index (χ4n) is 2.41. The van der Waals surface area contributed by atoms with Gasteiger partial charge in [-0.15, -0.1) is 0 Å². The molecule has 3 rings (SSSR count). The highest BCUT2D eigenvalue weighted by atomic mass is 15.0. The predicted molar refractivity (Wildman–Crippen MR) is 72.4 cm³/mol. The van der Waals surface area contributed by atoms with Crippen LogP contribution in [0.2, 0.25) is 0 Å². The van der Waals surface area contributed by atoms with E-state index in [1.165, 1.54) is 11.1 Å². The number of aromatic nitrogens is 2. The molecule has 92 valence electrons. The average Bonchev–Trinajstić information content (AvgIpc) is 2.93. The van der Waals surface area contributed by atoms with Gasteiger partial charge < -0.3 is 5.32 Å². The van der Waals surface area contributed by atoms with E-state index in [0.29, 0.717) is 5.92 Å². The highest BCUT2D eigenvalue weighted by Gasteiger charge is 2.19. The van der Waals surface area contributed by atoms with Gasteiger partial charge in [0.2, 0.25) is 0 Å². The van der Waals surface area contributed by atoms with Crippen LogP contribution in [0.15, 0.2) is 36.5 Å². The highest BCUT2D eigenvalue weighted by Crippen LogP contribution is 2.22. The minimum absolute atomic E-state index is 0.467. The van der Waals surface area contributed by atoms with Gasteiger partial charge in [0.05, 0.1) is 5.69 Å². The van der Waals surface area contributed by atoms with Gasteiger partial charge in [0.15, 0.2) is 0 Å². The molecule has 3 nitrogen and oxygen atoms in total. The summed E-state index contributed by atoms with van der Waals surface area (Å²) in [6.07, 6.45) is 3.01. The zero-order valence-corrected chi connectivity index (χ0v) is 10.6. The van der Waals surface area contributed by atoms with Gasteiger partial charge in [-0.2, -0.15) is 0 Å². The summed E-state index contributed by atoms with van der Waals surface area (Å²) in [5.41, 5.74) is 3.45. The van der Waals surface area contributed by atoms with E-state index in [-0.39, 0.29) is 0 Å². The number of aryl methyl sites for hydroxylation is 1. The van der Waals surface area contributed by atoms with Crippen molar-refractivity contribution in [2.24, 2.45) is 0 Å². The monoisotopic (exact) mass is 239 g/mol. The van der Waals surface area contributed by atoms with E-state index in [0.717, 1.165) is 31.0 Å². The van der Waals surface area contributed by atoms with Crippen LogP contribution in [0.4, 0.5) is 0 Å². The molecule has 1 aliphatic heterocycles. The Kier molecular flexibility index (Phi) is 3.07. The molecule has 2 heterocycles. The maximum Gasteiger partial charge on any atom is 0.133 e. The van der Waals surface area contributed by atoms with E-state index in [2.05, 4.69) is 41.5 Å². The fourth-order valence-corrected chi connectivity index (χ4v) is 2.41. The van der Waals surface area contributed by atoms with Crippen molar-refractivity contribution < 1.29 is 0 Å². The second-order valence-corrected chi connectivity index (χ2v) is 4.86. The third-order valence-corrected chi connectivity index (χ3v) is 3.41. The number of nitrogens with zero attached hydrogens (tertiary/aromatic N) is 2. The van der Waals surface area contributed by atoms with Crippen molar-refractivity contribution in [2.75, 3.05) is 13.1 Å². The summed E-state index contributed by atoms with van der Waals surface area (Å²) in [5.74, 6) is 1.44. The zero-order valence-electron chi connectivity index (χ0n) is 10.6. The number of benzene rings is 1. The Balaban J connectivity index is 1.95. The SMILES string of the molecule is Cc1cccc(-c2ccnc(C3CCNC3)n2)c1. The largest absolute Gasteiger partial charge is 0.316 e. The van der Waals surface area contributed by atoms with Crippen molar-refractivity contribution in [3.63, 3.8) is 0 Å². The molecular weight excluding hydrogens is 222 g/mol. The lowest BCUT2D eigenvalue weighted by atomic mass is 10.1. The fraction of sp³-hybridized carbons (Fsp3) is 0.333. The lowest BCUT2D eigenvalue weighted by Gasteiger charge is -2.08. The van der Waals surface area contributed by atoms with Gasteiger partial charge in [0.1, 0.15) is 5.82 Å². The summed E-state index contributed by atoms with van der Waals surface area (Å²) < 4.78 is 0. The van der Waals surface area contributed by atoms with Gasteiger partial charge in [0, 0.05) is 24.2 Å². The molecule has 1 aliphatic rings. The van der Waals surface area contributed by atoms with Crippen LogP contribution in [0.1, 0.15) is 23.7 Å². The maximum atomic E-state index is 4.72. The molecule has 2 aromatic rings. The molecule has 0 amide bonds. The van der Waals surface area contributed by atoms with Crippen LogP contribution >= 0.6 is 0 Å². The maximum absolute atomic E-state index is 4.72. The van der Waals surface area contributed by atoms with Gasteiger partial charge in [-0.25, -0.2) is 9.97 Å². The lowest BCUT2D eigenvalue weighted by molar-refractivity contribution is 0.703. The standard InChI is InChI=1S/C15H17N3/c1-11-3-2-4-12(9-11)14-6-8-17-15(18-14)13-5-7-16-10-13/h2-4,6,8-9,13,16H,5,7,10H2,1H3. The number of hydrogen-bond acceptors (Lipinski definition) is 3. The van der Waals surface area contributed by atoms with Crippen molar-refractivity contribution in [1.29, 1.82) is 0 Å². The molecule has 3 heteroatoms. The van der Waals surface area contributed by atoms with Crippen molar-refractivity contribution in [3.8, 4) is 11.3 Å². The molecule has 1 unspecified atom stereocenters. The van der Waals surface area contributed by atoms with Crippen LogP contribution in [0.5, 0.6) is 0 Å². The summed E-state index contributed by atoms with van der Waals surface area (Å²) in [5, 5.41) is 3.36. The normalized spacial score (nSPS) is 19.1. The topological polar surface area (TPSA) is 37.8 Å². The van der Waals surface area contributed by atoms with E-state index >= 15 is 0 Å². The predicted octanol–water partition coefficient (Wildman–Crippen LogP) is 2.53. The zero-order chi connectivity index (χ0) is 12.4. The van der Waals surface area contributed by atoms with Crippen LogP contribution in [0.3, 0.4) is 0 Å². The van der Waals surface area contributed by atoms with E-state index in [1.807, 2.05) is 12.3 Å². The molecule has 0 radical (unpaired) electrons. The Morgan fingerprint density at radius 2 is 2.22 bits per heavy atom. The molecule has 0 aliphatic carbocycles. The molecular formula is C15H17N3. The number of nitrogens with one attached hydrogen (secondary N) is 1. The first-order valence-electron chi connectivity index (χ1n) is 6.43. The molecule has 18 heavy (non-hydrogen) atoms. The molecule has 0 saturated carbocycles. The minimum Gasteiger partial charge on any atom is -0.316 e. The summed E-state index contributed by atoms with van der Waals surface area (Å²) in [7, 11) is 0. The van der Waals surface area contributed by atoms with E-state index in [9.17, 15) is 0 Å². The summed E-state index contributed by atoms with van der Waals surface area (Å²) in [6, 6.07) is 10.4. The Bertz CT molecular complexity index is 545. The van der Waals surface area contributed by atoms with Crippen molar-refractivity contribution in [1.82, 2.24) is 15.3 Å². The average molecular weight is 239 g/mol. The lowest BCUT2D eigenvalue weighted by Crippen LogP contribution is -2.10. The number of hydrogen-bond donors (Lipinski definition) is 1. The molecule has 1 aromatic carbocycles. The molecule has 1 fully saturated rings. The van der Waals surface area contributed by atoms with E-state index in [1.54, 1.807) is 0 Å². The molecule has 1 saturated heterocycles. The molecule has 1 N–H and O–H groups in total. The smallest absolute Gasteiger partial charge is 0.133 e. The Morgan fingerprint density at radius 3 is 3.00 bits per heavy atom. The van der Waals surface area contributed by atoms with Gasteiger partial charge in [-0.05, 0) is 32.0 Å². The number of rotatable bonds is 2. The van der Waals surface area contributed by atoms with Gasteiger partial charge >= 0.3 is 0 Å². The van der Waals surface area contributed by atoms with Gasteiger partial charge in [-0.1, -0.05) is 23.8 Å². The van der Waals surface area contributed by atoms with Gasteiger partial charge in [-0.3, -0.25) is 0 Å². The second kappa shape index (κ2) is 4.86. The van der Waals surface area contributed by atoms with Crippen molar-refractivity contribution in [2.45, 2.75) is 19.3 Å². The third kappa shape index (κ3) is 2.27. The highest BCUT2D eigenvalue weighted by molar-refractivity contribution is 5.59. The first kappa shape index (κ1) is 11.4. The Hall–Kier alpha value is -1.74. The molecule has 1 atom stereocenters.